The number of carbonyl (C=O) groups excluding carboxylic acids is 3. The van der Waals surface area contributed by atoms with Crippen molar-refractivity contribution in [3.05, 3.63) is 63.8 Å². The zero-order valence-corrected chi connectivity index (χ0v) is 22.8. The summed E-state index contributed by atoms with van der Waals surface area (Å²) in [6.07, 6.45) is -2.81. The normalized spacial score (nSPS) is 21.5. The largest absolute Gasteiger partial charge is 0.462 e. The number of likely N-dealkylation sites (tertiary alicyclic amines) is 1. The van der Waals surface area contributed by atoms with Crippen LogP contribution in [-0.2, 0) is 14.9 Å². The Morgan fingerprint density at radius 1 is 1.15 bits per heavy atom. The monoisotopic (exact) mass is 561 g/mol. The molecule has 0 radical (unpaired) electrons. The lowest BCUT2D eigenvalue weighted by Gasteiger charge is -2.36. The summed E-state index contributed by atoms with van der Waals surface area (Å²) in [4.78, 5) is 43.7. The van der Waals surface area contributed by atoms with E-state index in [0.717, 1.165) is 16.9 Å². The van der Waals surface area contributed by atoms with Crippen LogP contribution in [0.3, 0.4) is 0 Å². The third-order valence-corrected chi connectivity index (χ3v) is 8.93. The van der Waals surface area contributed by atoms with Crippen LogP contribution in [0.15, 0.2) is 42.2 Å². The number of nitrogens with zero attached hydrogens (tertiary/aromatic N) is 3. The molecule has 3 aliphatic rings. The highest BCUT2D eigenvalue weighted by Gasteiger charge is 2.47. The molecule has 5 rings (SSSR count). The summed E-state index contributed by atoms with van der Waals surface area (Å²) in [5.41, 5.74) is 1.16. The minimum atomic E-state index is -4.38. The van der Waals surface area contributed by atoms with Crippen molar-refractivity contribution >= 4 is 34.1 Å². The van der Waals surface area contributed by atoms with E-state index in [1.807, 2.05) is 43.3 Å². The van der Waals surface area contributed by atoms with E-state index in [4.69, 9.17) is 4.74 Å². The van der Waals surface area contributed by atoms with Crippen LogP contribution in [0.4, 0.5) is 18.2 Å². The summed E-state index contributed by atoms with van der Waals surface area (Å²) < 4.78 is 45.4. The SMILES string of the molecule is CC(=O)OC1CCN(C(=O)c2sc3c(c2C)C(=O)N2CC(C)(c4ccccc4)C=C2N3CCC(F)(F)F)CC1. The Hall–Kier alpha value is -3.34. The number of ether oxygens (including phenoxy) is 1. The topological polar surface area (TPSA) is 70.2 Å². The molecular weight excluding hydrogens is 531 g/mol. The smallest absolute Gasteiger partial charge is 0.390 e. The zero-order valence-electron chi connectivity index (χ0n) is 22.0. The molecule has 7 nitrogen and oxygen atoms in total. The van der Waals surface area contributed by atoms with Gasteiger partial charge in [0.15, 0.2) is 0 Å². The van der Waals surface area contributed by atoms with Crippen LogP contribution in [0.1, 0.15) is 64.3 Å². The second kappa shape index (κ2) is 10.0. The van der Waals surface area contributed by atoms with E-state index in [-0.39, 0.29) is 42.5 Å². The summed E-state index contributed by atoms with van der Waals surface area (Å²) in [6, 6.07) is 9.58. The minimum Gasteiger partial charge on any atom is -0.462 e. The summed E-state index contributed by atoms with van der Waals surface area (Å²) in [5.74, 6) is -0.511. The number of esters is 1. The van der Waals surface area contributed by atoms with Crippen molar-refractivity contribution in [3.63, 3.8) is 0 Å². The van der Waals surface area contributed by atoms with Gasteiger partial charge in [-0.15, -0.1) is 11.3 Å². The second-order valence-electron chi connectivity index (χ2n) is 10.5. The van der Waals surface area contributed by atoms with E-state index in [1.54, 1.807) is 21.6 Å². The lowest BCUT2D eigenvalue weighted by atomic mass is 9.84. The van der Waals surface area contributed by atoms with Crippen LogP contribution in [-0.4, -0.2) is 66.0 Å². The first kappa shape index (κ1) is 27.2. The maximum atomic E-state index is 13.8. The molecule has 0 N–H and O–H groups in total. The van der Waals surface area contributed by atoms with Crippen molar-refractivity contribution in [1.29, 1.82) is 0 Å². The Labute approximate surface area is 228 Å². The number of carbonyl (C=O) groups is 3. The first-order valence-electron chi connectivity index (χ1n) is 12.9. The van der Waals surface area contributed by atoms with Gasteiger partial charge < -0.3 is 14.5 Å². The average molecular weight is 562 g/mol. The molecule has 2 amide bonds. The van der Waals surface area contributed by atoms with Crippen molar-refractivity contribution in [2.24, 2.45) is 0 Å². The van der Waals surface area contributed by atoms with Crippen LogP contribution in [0, 0.1) is 6.92 Å². The molecule has 0 bridgehead atoms. The van der Waals surface area contributed by atoms with Crippen LogP contribution < -0.4 is 4.90 Å². The van der Waals surface area contributed by atoms with Gasteiger partial charge in [-0.05, 0) is 24.1 Å². The van der Waals surface area contributed by atoms with Gasteiger partial charge in [-0.3, -0.25) is 19.3 Å². The van der Waals surface area contributed by atoms with E-state index < -0.39 is 18.0 Å². The standard InChI is InChI=1S/C28H30F3N3O4S/c1-17-22-24(36)34-16-27(3,19-7-5-4-6-8-19)15-21(34)33(14-11-28(29,30)31)26(22)39-23(17)25(37)32-12-9-20(10-13-32)38-18(2)35/h4-8,15,20H,9-14,16H2,1-3H3. The van der Waals surface area contributed by atoms with Crippen molar-refractivity contribution in [1.82, 2.24) is 9.80 Å². The molecule has 1 aromatic carbocycles. The van der Waals surface area contributed by atoms with Gasteiger partial charge in [0.1, 0.15) is 16.9 Å². The van der Waals surface area contributed by atoms with Gasteiger partial charge in [-0.25, -0.2) is 0 Å². The van der Waals surface area contributed by atoms with Gasteiger partial charge in [-0.2, -0.15) is 13.2 Å². The van der Waals surface area contributed by atoms with Gasteiger partial charge in [0, 0.05) is 51.4 Å². The number of anilines is 1. The number of halogens is 3. The third-order valence-electron chi connectivity index (χ3n) is 7.63. The van der Waals surface area contributed by atoms with E-state index in [2.05, 4.69) is 0 Å². The molecule has 208 valence electrons. The molecule has 1 aromatic heterocycles. The van der Waals surface area contributed by atoms with E-state index >= 15 is 0 Å². The average Bonchev–Trinajstić information content (AvgIpc) is 3.42. The second-order valence-corrected chi connectivity index (χ2v) is 11.5. The molecule has 1 saturated heterocycles. The first-order valence-corrected chi connectivity index (χ1v) is 13.7. The number of alkyl halides is 3. The Kier molecular flexibility index (Phi) is 6.98. The molecule has 39 heavy (non-hydrogen) atoms. The predicted molar refractivity (Wildman–Crippen MR) is 141 cm³/mol. The van der Waals surface area contributed by atoms with Crippen molar-refractivity contribution in [2.45, 2.75) is 57.7 Å². The fraction of sp³-hybridized carbons (Fsp3) is 0.464. The maximum absolute atomic E-state index is 13.8. The van der Waals surface area contributed by atoms with Crippen molar-refractivity contribution < 1.29 is 32.3 Å². The van der Waals surface area contributed by atoms with Crippen molar-refractivity contribution in [2.75, 3.05) is 31.1 Å². The highest BCUT2D eigenvalue weighted by Crippen LogP contribution is 2.48. The van der Waals surface area contributed by atoms with E-state index in [9.17, 15) is 27.6 Å². The number of hydrogen-bond acceptors (Lipinski definition) is 6. The Morgan fingerprint density at radius 3 is 2.44 bits per heavy atom. The first-order chi connectivity index (χ1) is 18.4. The Balaban J connectivity index is 1.49. The van der Waals surface area contributed by atoms with Crippen LogP contribution >= 0.6 is 11.3 Å². The van der Waals surface area contributed by atoms with Gasteiger partial charge in [0.25, 0.3) is 11.8 Å². The molecule has 1 fully saturated rings. The summed E-state index contributed by atoms with van der Waals surface area (Å²) in [5, 5.41) is 0.375. The summed E-state index contributed by atoms with van der Waals surface area (Å²) in [7, 11) is 0. The lowest BCUT2D eigenvalue weighted by Crippen LogP contribution is -2.44. The number of fused-ring (bicyclic) bond motifs is 2. The van der Waals surface area contributed by atoms with Crippen LogP contribution in [0.5, 0.6) is 0 Å². The van der Waals surface area contributed by atoms with Gasteiger partial charge >= 0.3 is 12.1 Å². The number of benzene rings is 1. The number of hydrogen-bond donors (Lipinski definition) is 0. The van der Waals surface area contributed by atoms with Gasteiger partial charge in [-0.1, -0.05) is 37.3 Å². The highest BCUT2D eigenvalue weighted by molar-refractivity contribution is 7.18. The zero-order chi connectivity index (χ0) is 28.1. The molecule has 0 saturated carbocycles. The molecule has 1 unspecified atom stereocenters. The maximum Gasteiger partial charge on any atom is 0.390 e. The molecule has 3 aliphatic heterocycles. The number of rotatable bonds is 5. The molecule has 11 heteroatoms. The van der Waals surface area contributed by atoms with E-state index in [0.29, 0.717) is 47.2 Å². The lowest BCUT2D eigenvalue weighted by molar-refractivity contribution is -0.148. The predicted octanol–water partition coefficient (Wildman–Crippen LogP) is 5.25. The minimum absolute atomic E-state index is 0.248. The van der Waals surface area contributed by atoms with Crippen LogP contribution in [0.2, 0.25) is 0 Å². The van der Waals surface area contributed by atoms with Crippen LogP contribution in [0.25, 0.3) is 0 Å². The molecule has 0 spiro atoms. The van der Waals surface area contributed by atoms with Crippen molar-refractivity contribution in [3.8, 4) is 0 Å². The molecule has 4 heterocycles. The molecule has 2 aromatic rings. The number of amides is 2. The fourth-order valence-electron chi connectivity index (χ4n) is 5.60. The number of thiophene rings is 1. The third kappa shape index (κ3) is 5.16. The summed E-state index contributed by atoms with van der Waals surface area (Å²) in [6.45, 7) is 5.71. The fourth-order valence-corrected chi connectivity index (χ4v) is 6.91. The Bertz CT molecular complexity index is 1330. The van der Waals surface area contributed by atoms with E-state index in [1.165, 1.54) is 6.92 Å². The quantitative estimate of drug-likeness (QED) is 0.467. The van der Waals surface area contributed by atoms with Gasteiger partial charge in [0.2, 0.25) is 0 Å². The molecular formula is C28H30F3N3O4S. The molecule has 0 aliphatic carbocycles. The number of piperidine rings is 1. The Morgan fingerprint density at radius 2 is 1.82 bits per heavy atom. The summed E-state index contributed by atoms with van der Waals surface area (Å²) >= 11 is 1.08. The molecule has 1 atom stereocenters. The highest BCUT2D eigenvalue weighted by atomic mass is 32.1. The van der Waals surface area contributed by atoms with Gasteiger partial charge in [0.05, 0.1) is 16.9 Å².